The van der Waals surface area contributed by atoms with E-state index in [4.69, 9.17) is 4.74 Å². The molecule has 1 fully saturated rings. The van der Waals surface area contributed by atoms with E-state index in [9.17, 15) is 4.79 Å². The predicted octanol–water partition coefficient (Wildman–Crippen LogP) is 2.59. The van der Waals surface area contributed by atoms with Gasteiger partial charge in [-0.25, -0.2) is 4.79 Å². The largest absolute Gasteiger partial charge is 0.422 e. The molecule has 0 unspecified atom stereocenters. The topological polar surface area (TPSA) is 26.3 Å². The molecule has 0 amide bonds. The molecule has 66 valence electrons. The highest BCUT2D eigenvalue weighted by molar-refractivity contribution is 9.11. The normalized spacial score (nSPS) is 23.5. The Morgan fingerprint density at radius 2 is 2.31 bits per heavy atom. The summed E-state index contributed by atoms with van der Waals surface area (Å²) in [6, 6.07) is 0. The van der Waals surface area contributed by atoms with Crippen molar-refractivity contribution in [3.05, 3.63) is 46.2 Å². The van der Waals surface area contributed by atoms with Crippen LogP contribution in [0.5, 0.6) is 0 Å². The number of hydrogen-bond donors (Lipinski definition) is 0. The number of fused-ring (bicyclic) bond motifs is 1. The number of carbonyl (C=O) groups is 1. The third-order valence-corrected chi connectivity index (χ3v) is 2.35. The molecule has 1 heterocycles. The SMILES string of the molecule is O=C1O/C(=C\Br)C2=CC=CCC=C12. The van der Waals surface area contributed by atoms with Crippen LogP contribution in [-0.4, -0.2) is 5.97 Å². The van der Waals surface area contributed by atoms with Crippen molar-refractivity contribution in [1.29, 1.82) is 0 Å². The molecule has 0 saturated carbocycles. The van der Waals surface area contributed by atoms with Crippen LogP contribution in [0.3, 0.4) is 0 Å². The van der Waals surface area contributed by atoms with Gasteiger partial charge in [-0.3, -0.25) is 0 Å². The molecular weight excluding hydrogens is 232 g/mol. The molecule has 2 nitrogen and oxygen atoms in total. The quantitative estimate of drug-likeness (QED) is 0.607. The lowest BCUT2D eigenvalue weighted by molar-refractivity contribution is -0.132. The molecule has 0 N–H and O–H groups in total. The van der Waals surface area contributed by atoms with Gasteiger partial charge in [0.1, 0.15) is 5.76 Å². The number of carbonyl (C=O) groups excluding carboxylic acids is 1. The van der Waals surface area contributed by atoms with Crippen molar-refractivity contribution in [2.75, 3.05) is 0 Å². The van der Waals surface area contributed by atoms with Crippen LogP contribution in [0.2, 0.25) is 0 Å². The zero-order chi connectivity index (χ0) is 9.26. The molecule has 0 spiro atoms. The second-order valence-electron chi connectivity index (χ2n) is 2.72. The first-order chi connectivity index (χ1) is 6.33. The van der Waals surface area contributed by atoms with E-state index >= 15 is 0 Å². The zero-order valence-corrected chi connectivity index (χ0v) is 8.37. The van der Waals surface area contributed by atoms with Gasteiger partial charge in [-0.15, -0.1) is 0 Å². The molecule has 1 saturated heterocycles. The van der Waals surface area contributed by atoms with Crippen LogP contribution in [-0.2, 0) is 9.53 Å². The third-order valence-electron chi connectivity index (χ3n) is 1.93. The van der Waals surface area contributed by atoms with Gasteiger partial charge in [0.2, 0.25) is 0 Å². The molecule has 3 heteroatoms. The number of rotatable bonds is 0. The lowest BCUT2D eigenvalue weighted by Gasteiger charge is -1.92. The first-order valence-corrected chi connectivity index (χ1v) is 4.85. The molecule has 0 aromatic heterocycles. The zero-order valence-electron chi connectivity index (χ0n) is 6.79. The van der Waals surface area contributed by atoms with E-state index in [-0.39, 0.29) is 5.97 Å². The van der Waals surface area contributed by atoms with Gasteiger partial charge in [-0.05, 0) is 6.42 Å². The minimum Gasteiger partial charge on any atom is -0.422 e. The Labute approximate surface area is 84.4 Å². The fourth-order valence-electron chi connectivity index (χ4n) is 1.33. The standard InChI is InChI=1S/C10H7BrO2/c11-6-9-7-4-2-1-3-5-8(7)10(12)13-9/h1-2,4-6H,3H2/b9-6-. The Bertz CT molecular complexity index is 372. The molecule has 0 aromatic rings. The Morgan fingerprint density at radius 1 is 1.46 bits per heavy atom. The van der Waals surface area contributed by atoms with Crippen LogP contribution >= 0.6 is 15.9 Å². The first-order valence-electron chi connectivity index (χ1n) is 3.93. The summed E-state index contributed by atoms with van der Waals surface area (Å²) in [5.74, 6) is 0.323. The summed E-state index contributed by atoms with van der Waals surface area (Å²) in [5, 5.41) is 0. The molecule has 13 heavy (non-hydrogen) atoms. The van der Waals surface area contributed by atoms with Crippen molar-refractivity contribution in [2.24, 2.45) is 0 Å². The fraction of sp³-hybridized carbons (Fsp3) is 0.100. The van der Waals surface area contributed by atoms with E-state index in [1.807, 2.05) is 24.3 Å². The third kappa shape index (κ3) is 1.40. The van der Waals surface area contributed by atoms with E-state index in [1.54, 1.807) is 4.99 Å². The van der Waals surface area contributed by atoms with Crippen molar-refractivity contribution < 1.29 is 9.53 Å². The van der Waals surface area contributed by atoms with Gasteiger partial charge in [0.25, 0.3) is 0 Å². The van der Waals surface area contributed by atoms with Gasteiger partial charge >= 0.3 is 5.97 Å². The van der Waals surface area contributed by atoms with Crippen molar-refractivity contribution in [3.63, 3.8) is 0 Å². The number of hydrogen-bond acceptors (Lipinski definition) is 2. The van der Waals surface area contributed by atoms with Crippen LogP contribution in [0, 0.1) is 0 Å². The van der Waals surface area contributed by atoms with Crippen molar-refractivity contribution in [3.8, 4) is 0 Å². The van der Waals surface area contributed by atoms with Crippen LogP contribution in [0.1, 0.15) is 6.42 Å². The van der Waals surface area contributed by atoms with E-state index < -0.39 is 0 Å². The fourth-order valence-corrected chi connectivity index (χ4v) is 1.67. The van der Waals surface area contributed by atoms with E-state index in [2.05, 4.69) is 15.9 Å². The van der Waals surface area contributed by atoms with Gasteiger partial charge < -0.3 is 4.74 Å². The Morgan fingerprint density at radius 3 is 3.08 bits per heavy atom. The monoisotopic (exact) mass is 238 g/mol. The van der Waals surface area contributed by atoms with Crippen molar-refractivity contribution in [1.82, 2.24) is 0 Å². The lowest BCUT2D eigenvalue weighted by atomic mass is 10.1. The van der Waals surface area contributed by atoms with Gasteiger partial charge in [0.05, 0.1) is 5.57 Å². The second kappa shape index (κ2) is 3.34. The van der Waals surface area contributed by atoms with E-state index in [1.165, 1.54) is 0 Å². The highest BCUT2D eigenvalue weighted by Crippen LogP contribution is 2.32. The predicted molar refractivity (Wildman–Crippen MR) is 53.0 cm³/mol. The van der Waals surface area contributed by atoms with E-state index in [0.29, 0.717) is 11.3 Å². The molecule has 0 radical (unpaired) electrons. The van der Waals surface area contributed by atoms with Gasteiger partial charge in [-0.2, -0.15) is 0 Å². The molecule has 2 rings (SSSR count). The molecule has 0 aromatic carbocycles. The van der Waals surface area contributed by atoms with Crippen molar-refractivity contribution in [2.45, 2.75) is 6.42 Å². The summed E-state index contributed by atoms with van der Waals surface area (Å²) in [5.41, 5.74) is 1.52. The molecule has 1 aliphatic heterocycles. The minimum absolute atomic E-state index is 0.263. The summed E-state index contributed by atoms with van der Waals surface area (Å²) in [7, 11) is 0. The minimum atomic E-state index is -0.263. The maximum atomic E-state index is 11.3. The number of allylic oxidation sites excluding steroid dienone is 5. The molecule has 1 aliphatic carbocycles. The maximum Gasteiger partial charge on any atom is 0.344 e. The summed E-state index contributed by atoms with van der Waals surface area (Å²) in [4.78, 5) is 12.9. The molecular formula is C10H7BrO2. The van der Waals surface area contributed by atoms with Gasteiger partial charge in [0.15, 0.2) is 0 Å². The number of halogens is 1. The summed E-state index contributed by atoms with van der Waals surface area (Å²) in [6.07, 6.45) is 8.47. The highest BCUT2D eigenvalue weighted by atomic mass is 79.9. The number of cyclic esters (lactones) is 1. The second-order valence-corrected chi connectivity index (χ2v) is 3.18. The number of esters is 1. The van der Waals surface area contributed by atoms with Crippen LogP contribution in [0.25, 0.3) is 0 Å². The molecule has 2 aliphatic rings. The Hall–Kier alpha value is -1.09. The highest BCUT2D eigenvalue weighted by Gasteiger charge is 2.29. The van der Waals surface area contributed by atoms with Gasteiger partial charge in [0, 0.05) is 10.6 Å². The van der Waals surface area contributed by atoms with Gasteiger partial charge in [-0.1, -0.05) is 40.2 Å². The van der Waals surface area contributed by atoms with Crippen LogP contribution in [0.15, 0.2) is 46.2 Å². The average molecular weight is 239 g/mol. The summed E-state index contributed by atoms with van der Waals surface area (Å²) >= 11 is 3.16. The van der Waals surface area contributed by atoms with Crippen LogP contribution in [0.4, 0.5) is 0 Å². The molecule has 0 bridgehead atoms. The summed E-state index contributed by atoms with van der Waals surface area (Å²) < 4.78 is 5.02. The van der Waals surface area contributed by atoms with Crippen LogP contribution < -0.4 is 0 Å². The summed E-state index contributed by atoms with van der Waals surface area (Å²) in [6.45, 7) is 0. The first kappa shape index (κ1) is 8.51. The van der Waals surface area contributed by atoms with E-state index in [0.717, 1.165) is 12.0 Å². The molecule has 0 atom stereocenters. The Balaban J connectivity index is 2.52. The average Bonchev–Trinajstić information content (AvgIpc) is 2.38. The Kier molecular flexibility index (Phi) is 2.19. The smallest absolute Gasteiger partial charge is 0.344 e. The number of ether oxygens (including phenoxy) is 1. The maximum absolute atomic E-state index is 11.3. The lowest BCUT2D eigenvalue weighted by Crippen LogP contribution is -1.94. The van der Waals surface area contributed by atoms with Crippen molar-refractivity contribution >= 4 is 21.9 Å².